The number of anilines is 3. The van der Waals surface area contributed by atoms with Gasteiger partial charge in [0, 0.05) is 70.5 Å². The summed E-state index contributed by atoms with van der Waals surface area (Å²) >= 11 is 0. The van der Waals surface area contributed by atoms with Crippen molar-refractivity contribution >= 4 is 29.5 Å². The fourth-order valence-electron chi connectivity index (χ4n) is 7.40. The molecule has 1 aromatic heterocycles. The zero-order valence-electron chi connectivity index (χ0n) is 27.7. The minimum absolute atomic E-state index is 0.380. The van der Waals surface area contributed by atoms with Gasteiger partial charge in [0.15, 0.2) is 0 Å². The number of carbonyl (C=O) groups is 2. The normalized spacial score (nSPS) is 22.5. The molecule has 6 rings (SSSR count). The Kier molecular flexibility index (Phi) is 9.18. The van der Waals surface area contributed by atoms with Gasteiger partial charge in [-0.3, -0.25) is 9.69 Å². The van der Waals surface area contributed by atoms with Crippen LogP contribution < -0.4 is 24.2 Å². The molecule has 2 atom stereocenters. The Morgan fingerprint density at radius 2 is 1.46 bits per heavy atom. The standard InChI is InChI=1S/C34H48N6O6/c1-22-23(2)31-25(24(3)30(22)45-26(32(43)44)19-29(41)42)9-10-34(4,46-31)21-37-15-17-39(18-16-37)28-20-27(38-11-5-6-12-38)35-33(36-28)40-13-7-8-14-40/h20,26H,5-19,21H2,1-4H3,(H,41,42)(H,43,44). The van der Waals surface area contributed by atoms with Crippen molar-refractivity contribution in [2.24, 2.45) is 0 Å². The Balaban J connectivity index is 1.13. The van der Waals surface area contributed by atoms with Crippen LogP contribution in [0, 0.1) is 20.8 Å². The Bertz CT molecular complexity index is 1430. The van der Waals surface area contributed by atoms with Crippen LogP contribution in [0.15, 0.2) is 6.07 Å². The summed E-state index contributed by atoms with van der Waals surface area (Å²) in [4.78, 5) is 42.7. The van der Waals surface area contributed by atoms with E-state index in [9.17, 15) is 19.8 Å². The average Bonchev–Trinajstić information content (AvgIpc) is 3.77. The van der Waals surface area contributed by atoms with Crippen LogP contribution >= 0.6 is 0 Å². The number of aliphatic carboxylic acids is 2. The summed E-state index contributed by atoms with van der Waals surface area (Å²) in [5.74, 6) is 1.73. The minimum Gasteiger partial charge on any atom is -0.486 e. The highest BCUT2D eigenvalue weighted by Crippen LogP contribution is 2.44. The number of fused-ring (bicyclic) bond motifs is 1. The molecule has 12 heteroatoms. The van der Waals surface area contributed by atoms with Gasteiger partial charge in [-0.2, -0.15) is 9.97 Å². The van der Waals surface area contributed by atoms with Crippen LogP contribution in [0.2, 0.25) is 0 Å². The predicted octanol–water partition coefficient (Wildman–Crippen LogP) is 3.81. The van der Waals surface area contributed by atoms with Crippen LogP contribution in [0.1, 0.15) is 67.7 Å². The van der Waals surface area contributed by atoms with Gasteiger partial charge in [-0.15, -0.1) is 0 Å². The van der Waals surface area contributed by atoms with Crippen molar-refractivity contribution in [3.05, 3.63) is 28.3 Å². The van der Waals surface area contributed by atoms with Crippen molar-refractivity contribution in [1.29, 1.82) is 0 Å². The first kappa shape index (κ1) is 32.2. The molecule has 0 spiro atoms. The van der Waals surface area contributed by atoms with Gasteiger partial charge in [0.1, 0.15) is 28.7 Å². The lowest BCUT2D eigenvalue weighted by Crippen LogP contribution is -2.54. The van der Waals surface area contributed by atoms with Gasteiger partial charge in [0.25, 0.3) is 0 Å². The molecule has 0 bridgehead atoms. The molecule has 0 radical (unpaired) electrons. The second kappa shape index (κ2) is 13.1. The van der Waals surface area contributed by atoms with Gasteiger partial charge in [0.2, 0.25) is 12.1 Å². The maximum atomic E-state index is 11.7. The number of ether oxygens (including phenoxy) is 2. The van der Waals surface area contributed by atoms with Crippen LogP contribution in [0.4, 0.5) is 17.6 Å². The zero-order chi connectivity index (χ0) is 32.6. The van der Waals surface area contributed by atoms with Crippen molar-refractivity contribution in [3.63, 3.8) is 0 Å². The number of hydrogen-bond donors (Lipinski definition) is 2. The molecule has 3 saturated heterocycles. The van der Waals surface area contributed by atoms with Crippen LogP contribution in [0.3, 0.4) is 0 Å². The molecule has 1 aromatic carbocycles. The Morgan fingerprint density at radius 1 is 0.870 bits per heavy atom. The lowest BCUT2D eigenvalue weighted by atomic mass is 9.86. The van der Waals surface area contributed by atoms with Crippen LogP contribution in [-0.4, -0.2) is 108 Å². The summed E-state index contributed by atoms with van der Waals surface area (Å²) in [6.45, 7) is 16.5. The molecule has 12 nitrogen and oxygen atoms in total. The van der Waals surface area contributed by atoms with Crippen molar-refractivity contribution in [3.8, 4) is 11.5 Å². The van der Waals surface area contributed by atoms with Crippen LogP contribution in [-0.2, 0) is 16.0 Å². The van der Waals surface area contributed by atoms with E-state index in [1.54, 1.807) is 0 Å². The number of aromatic nitrogens is 2. The van der Waals surface area contributed by atoms with E-state index in [4.69, 9.17) is 19.4 Å². The van der Waals surface area contributed by atoms with E-state index in [0.29, 0.717) is 5.75 Å². The fourth-order valence-corrected chi connectivity index (χ4v) is 7.40. The van der Waals surface area contributed by atoms with Crippen molar-refractivity contribution in [2.75, 3.05) is 73.6 Å². The zero-order valence-corrected chi connectivity index (χ0v) is 27.7. The Hall–Kier alpha value is -3.80. The molecule has 2 N–H and O–H groups in total. The smallest absolute Gasteiger partial charge is 0.345 e. The molecular weight excluding hydrogens is 588 g/mol. The third-order valence-electron chi connectivity index (χ3n) is 10.2. The van der Waals surface area contributed by atoms with Gasteiger partial charge in [-0.25, -0.2) is 4.79 Å². The number of benzene rings is 1. The van der Waals surface area contributed by atoms with Gasteiger partial charge in [-0.05, 0) is 82.9 Å². The predicted molar refractivity (Wildman–Crippen MR) is 176 cm³/mol. The lowest BCUT2D eigenvalue weighted by Gasteiger charge is -2.43. The van der Waals surface area contributed by atoms with E-state index in [-0.39, 0.29) is 5.60 Å². The molecule has 0 aliphatic carbocycles. The monoisotopic (exact) mass is 636 g/mol. The van der Waals surface area contributed by atoms with Gasteiger partial charge >= 0.3 is 11.9 Å². The maximum absolute atomic E-state index is 11.7. The molecule has 46 heavy (non-hydrogen) atoms. The van der Waals surface area contributed by atoms with Gasteiger partial charge in [-0.1, -0.05) is 0 Å². The van der Waals surface area contributed by atoms with Gasteiger partial charge < -0.3 is 34.4 Å². The van der Waals surface area contributed by atoms with Crippen molar-refractivity contribution < 1.29 is 29.3 Å². The molecule has 4 aliphatic heterocycles. The first-order valence-corrected chi connectivity index (χ1v) is 16.8. The number of piperazine rings is 1. The summed E-state index contributed by atoms with van der Waals surface area (Å²) in [6.07, 6.45) is 4.34. The van der Waals surface area contributed by atoms with E-state index in [1.807, 2.05) is 20.8 Å². The average molecular weight is 637 g/mol. The summed E-state index contributed by atoms with van der Waals surface area (Å²) in [5, 5.41) is 18.7. The van der Waals surface area contributed by atoms with E-state index < -0.39 is 24.5 Å². The first-order chi connectivity index (χ1) is 22.0. The largest absolute Gasteiger partial charge is 0.486 e. The fraction of sp³-hybridized carbons (Fsp3) is 0.647. The Morgan fingerprint density at radius 3 is 2.04 bits per heavy atom. The molecule has 0 amide bonds. The second-order valence-electron chi connectivity index (χ2n) is 13.6. The molecule has 4 aliphatic rings. The number of nitrogens with zero attached hydrogens (tertiary/aromatic N) is 6. The number of carboxylic acid groups (broad SMARTS) is 2. The van der Waals surface area contributed by atoms with Crippen LogP contribution in [0.25, 0.3) is 0 Å². The number of carboxylic acids is 2. The topological polar surface area (TPSA) is 132 Å². The number of hydrogen-bond acceptors (Lipinski definition) is 10. The van der Waals surface area contributed by atoms with E-state index >= 15 is 0 Å². The highest BCUT2D eigenvalue weighted by atomic mass is 16.5. The van der Waals surface area contributed by atoms with E-state index in [1.165, 1.54) is 25.7 Å². The highest BCUT2D eigenvalue weighted by molar-refractivity contribution is 5.80. The minimum atomic E-state index is -1.46. The lowest BCUT2D eigenvalue weighted by molar-refractivity contribution is -0.151. The van der Waals surface area contributed by atoms with E-state index in [0.717, 1.165) is 117 Å². The van der Waals surface area contributed by atoms with Crippen molar-refractivity contribution in [1.82, 2.24) is 14.9 Å². The van der Waals surface area contributed by atoms with E-state index in [2.05, 4.69) is 32.6 Å². The summed E-state index contributed by atoms with van der Waals surface area (Å²) in [7, 11) is 0. The number of rotatable bonds is 10. The molecule has 2 unspecified atom stereocenters. The first-order valence-electron chi connectivity index (χ1n) is 16.8. The summed E-state index contributed by atoms with van der Waals surface area (Å²) in [6, 6.07) is 2.19. The summed E-state index contributed by atoms with van der Waals surface area (Å²) < 4.78 is 12.6. The Labute approximate surface area is 271 Å². The van der Waals surface area contributed by atoms with Crippen molar-refractivity contribution in [2.45, 2.75) is 84.3 Å². The molecule has 5 heterocycles. The second-order valence-corrected chi connectivity index (χ2v) is 13.6. The quantitative estimate of drug-likeness (QED) is 0.393. The molecular formula is C34H48N6O6. The SMILES string of the molecule is Cc1c(C)c2c(c(C)c1OC(CC(=O)O)C(=O)O)CCC(C)(CN1CCN(c3cc(N4CCCC4)nc(N4CCCC4)n3)CC1)O2. The van der Waals surface area contributed by atoms with Crippen LogP contribution in [0.5, 0.6) is 11.5 Å². The highest BCUT2D eigenvalue weighted by Gasteiger charge is 2.38. The molecule has 250 valence electrons. The third kappa shape index (κ3) is 6.67. The molecule has 3 fully saturated rings. The molecule has 0 saturated carbocycles. The molecule has 2 aromatic rings. The maximum Gasteiger partial charge on any atom is 0.345 e. The third-order valence-corrected chi connectivity index (χ3v) is 10.2. The van der Waals surface area contributed by atoms with Gasteiger partial charge in [0.05, 0.1) is 6.42 Å². The summed E-state index contributed by atoms with van der Waals surface area (Å²) in [5.41, 5.74) is 3.12.